The second-order valence-electron chi connectivity index (χ2n) is 27.8. The molecule has 0 heterocycles. The van der Waals surface area contributed by atoms with Gasteiger partial charge in [0.25, 0.3) is 0 Å². The Labute approximate surface area is 527 Å². The minimum Gasteiger partial charge on any atom is -0.462 e. The van der Waals surface area contributed by atoms with Crippen LogP contribution in [0.3, 0.4) is 0 Å². The molecular weight excluding hydrogens is 1050 g/mol. The van der Waals surface area contributed by atoms with E-state index in [0.29, 0.717) is 5.92 Å². The number of esters is 5. The van der Waals surface area contributed by atoms with E-state index in [2.05, 4.69) is 20.8 Å². The van der Waals surface area contributed by atoms with Gasteiger partial charge in [0.15, 0.2) is 0 Å². The minimum atomic E-state index is -0.317. The third-order valence-electron chi connectivity index (χ3n) is 19.1. The molecule has 8 aliphatic rings. The van der Waals surface area contributed by atoms with E-state index in [1.165, 1.54) is 77.0 Å². The summed E-state index contributed by atoms with van der Waals surface area (Å²) in [7, 11) is 0. The predicted octanol–water partition coefficient (Wildman–Crippen LogP) is 23.2. The first-order valence-corrected chi connectivity index (χ1v) is 30.5. The van der Waals surface area contributed by atoms with E-state index >= 15 is 0 Å². The summed E-state index contributed by atoms with van der Waals surface area (Å²) in [6.45, 7) is 34.2. The molecule has 4 atom stereocenters. The fourth-order valence-electron chi connectivity index (χ4n) is 11.4. The Hall–Kier alpha value is -2.65. The maximum atomic E-state index is 12.4. The molecule has 8 saturated carbocycles. The lowest BCUT2D eigenvalue weighted by Crippen LogP contribution is -2.53. The van der Waals surface area contributed by atoms with Gasteiger partial charge in [-0.05, 0) is 259 Å². The lowest BCUT2D eigenvalue weighted by atomic mass is 9.54. The first-order chi connectivity index (χ1) is 34.5. The van der Waals surface area contributed by atoms with Crippen LogP contribution < -0.4 is 0 Å². The van der Waals surface area contributed by atoms with Gasteiger partial charge in [0.2, 0.25) is 0 Å². The van der Waals surface area contributed by atoms with Crippen LogP contribution in [0.15, 0.2) is 0 Å². The average molecular weight is 1200 g/mol. The Morgan fingerprint density at radius 3 is 0.929 bits per heavy atom. The lowest BCUT2D eigenvalue weighted by Gasteiger charge is -2.56. The van der Waals surface area contributed by atoms with Crippen LogP contribution in [0.4, 0.5) is 0 Å². The largest absolute Gasteiger partial charge is 0.462 e. The van der Waals surface area contributed by atoms with Crippen LogP contribution in [0.5, 0.6) is 0 Å². The first kappa shape index (κ1) is 97.6. The highest BCUT2D eigenvalue weighted by molar-refractivity contribution is 5.78. The summed E-state index contributed by atoms with van der Waals surface area (Å²) >= 11 is 0. The second kappa shape index (κ2) is 43.9. The Bertz CT molecular complexity index is 1690. The Morgan fingerprint density at radius 1 is 0.345 bits per heavy atom. The minimum absolute atomic E-state index is 0. The molecule has 0 aromatic carbocycles. The summed E-state index contributed by atoms with van der Waals surface area (Å²) in [6.07, 6.45) is 31.0. The van der Waals surface area contributed by atoms with Crippen molar-refractivity contribution in [1.82, 2.24) is 0 Å². The van der Waals surface area contributed by atoms with Crippen LogP contribution in [0, 0.1) is 56.7 Å². The van der Waals surface area contributed by atoms with Gasteiger partial charge in [0.1, 0.15) is 30.0 Å². The fourth-order valence-corrected chi connectivity index (χ4v) is 11.4. The zero-order chi connectivity index (χ0) is 55.7. The summed E-state index contributed by atoms with van der Waals surface area (Å²) < 4.78 is 28.1. The fraction of sp³-hybridized carbons (Fsp3) is 0.932. The van der Waals surface area contributed by atoms with Crippen molar-refractivity contribution >= 4 is 29.8 Å². The smallest absolute Gasteiger partial charge is 0.312 e. The van der Waals surface area contributed by atoms with Gasteiger partial charge < -0.3 is 23.7 Å². The number of carbonyl (C=O) groups excluding carboxylic acids is 5. The number of hydrogen-bond donors (Lipinski definition) is 0. The molecule has 0 radical (unpaired) electrons. The third-order valence-corrected chi connectivity index (χ3v) is 19.1. The molecule has 0 N–H and O–H groups in total. The summed E-state index contributed by atoms with van der Waals surface area (Å²) in [4.78, 5) is 59.4. The Balaban J connectivity index is -0.000000140. The summed E-state index contributed by atoms with van der Waals surface area (Å²) in [6, 6.07) is 0. The molecule has 84 heavy (non-hydrogen) atoms. The van der Waals surface area contributed by atoms with Crippen molar-refractivity contribution in [1.29, 1.82) is 0 Å². The predicted molar refractivity (Wildman–Crippen MR) is 366 cm³/mol. The highest BCUT2D eigenvalue weighted by atomic mass is 16.6. The van der Waals surface area contributed by atoms with Gasteiger partial charge in [0.05, 0.1) is 27.1 Å². The molecule has 8 fully saturated rings. The van der Waals surface area contributed by atoms with E-state index in [-0.39, 0.29) is 161 Å². The van der Waals surface area contributed by atoms with Crippen LogP contribution in [0.2, 0.25) is 0 Å². The molecule has 510 valence electrons. The molecule has 4 bridgehead atoms. The van der Waals surface area contributed by atoms with Gasteiger partial charge in [-0.25, -0.2) is 0 Å². The molecule has 10 nitrogen and oxygen atoms in total. The van der Waals surface area contributed by atoms with E-state index in [4.69, 9.17) is 23.7 Å². The first-order valence-electron chi connectivity index (χ1n) is 30.5. The molecule has 0 aliphatic heterocycles. The quantitative estimate of drug-likeness (QED) is 0.0887. The van der Waals surface area contributed by atoms with Crippen LogP contribution in [-0.2, 0) is 47.7 Å². The molecule has 8 aliphatic carbocycles. The van der Waals surface area contributed by atoms with Crippen molar-refractivity contribution in [2.24, 2.45) is 56.7 Å². The second-order valence-corrected chi connectivity index (χ2v) is 27.8. The zero-order valence-electron chi connectivity index (χ0n) is 50.9. The van der Waals surface area contributed by atoms with Crippen molar-refractivity contribution in [3.63, 3.8) is 0 Å². The highest BCUT2D eigenvalue weighted by Crippen LogP contribution is 2.57. The van der Waals surface area contributed by atoms with E-state index in [1.807, 2.05) is 96.9 Å². The zero-order valence-corrected chi connectivity index (χ0v) is 50.9. The third kappa shape index (κ3) is 31.0. The Kier molecular flexibility index (Phi) is 51.0. The van der Waals surface area contributed by atoms with E-state index in [0.717, 1.165) is 120 Å². The number of rotatable bonds is 15. The van der Waals surface area contributed by atoms with Gasteiger partial charge in [-0.2, -0.15) is 0 Å². The maximum absolute atomic E-state index is 12.4. The van der Waals surface area contributed by atoms with Crippen molar-refractivity contribution in [2.75, 3.05) is 0 Å². The van der Waals surface area contributed by atoms with Gasteiger partial charge in [-0.3, -0.25) is 24.0 Å². The van der Waals surface area contributed by atoms with E-state index in [1.54, 1.807) is 0 Å². The van der Waals surface area contributed by atoms with Gasteiger partial charge in [0, 0.05) is 0 Å². The van der Waals surface area contributed by atoms with Gasteiger partial charge >= 0.3 is 29.8 Å². The average Bonchev–Trinajstić information content (AvgIpc) is 4.07. The van der Waals surface area contributed by atoms with Crippen LogP contribution in [-0.4, -0.2) is 59.9 Å². The topological polar surface area (TPSA) is 132 Å². The van der Waals surface area contributed by atoms with E-state index < -0.39 is 0 Å². The lowest BCUT2D eigenvalue weighted by molar-refractivity contribution is -0.196. The standard InChI is InChI=1S/C16H26O2.C13H24O2.2C12H22O2.C11H20O2.10CH4/c1-4-15(2,3)14(17)18-16-8-11-5-12(9-16)7-13(6-11)10-16;1-4-13(2,3)12(14)15-11-9-7-5-6-8-10-11;1-5-12(3,4)11(13)14-10-7-6-9(2)8-10;1-5-12(3,4)11(13)14-10-8-6-7-9(10)2;1-4-11(2,3)10(12)13-9-7-5-6-8-9;;;;;;;;;;/h11-13H,4-10H2,1-3H3;11H,4-10H2,1-3H3;2*9-10H,5-8H2,1-4H3;9H,4-8H2,1-3H3;10*1H4. The summed E-state index contributed by atoms with van der Waals surface area (Å²) in [5, 5.41) is 0. The normalized spacial score (nSPS) is 24.7. The van der Waals surface area contributed by atoms with Gasteiger partial charge in [-0.1, -0.05) is 136 Å². The molecular formula is C74H154O10. The number of hydrogen-bond acceptors (Lipinski definition) is 10. The molecule has 0 saturated heterocycles. The van der Waals surface area contributed by atoms with Crippen LogP contribution in [0.1, 0.15) is 365 Å². The molecule has 0 amide bonds. The van der Waals surface area contributed by atoms with Crippen molar-refractivity contribution in [2.45, 2.75) is 395 Å². The molecule has 0 aromatic heterocycles. The van der Waals surface area contributed by atoms with Crippen molar-refractivity contribution < 1.29 is 47.7 Å². The highest BCUT2D eigenvalue weighted by Gasteiger charge is 2.54. The monoisotopic (exact) mass is 1200 g/mol. The molecule has 0 aromatic rings. The van der Waals surface area contributed by atoms with Gasteiger partial charge in [-0.15, -0.1) is 0 Å². The van der Waals surface area contributed by atoms with Crippen LogP contribution in [0.25, 0.3) is 0 Å². The van der Waals surface area contributed by atoms with Crippen LogP contribution >= 0.6 is 0 Å². The summed E-state index contributed by atoms with van der Waals surface area (Å²) in [5.74, 6) is 3.73. The number of carbonyl (C=O) groups is 5. The maximum Gasteiger partial charge on any atom is 0.312 e. The Morgan fingerprint density at radius 2 is 0.643 bits per heavy atom. The molecule has 10 heteroatoms. The SMILES string of the molecule is C.C.C.C.C.C.C.C.C.C.CCC(C)(C)C(=O)OC12CC3CC(CC(C3)C1)C2.CCC(C)(C)C(=O)OC1CCC(C)C1.CCC(C)(C)C(=O)OC1CCCC1.CCC(C)(C)C(=O)OC1CCCC1C.CCC(C)(C)C(=O)OC1CCCCCC1. The molecule has 0 spiro atoms. The molecule has 8 rings (SSSR count). The van der Waals surface area contributed by atoms with Crippen molar-refractivity contribution in [3.05, 3.63) is 0 Å². The number of ether oxygens (including phenoxy) is 5. The van der Waals surface area contributed by atoms with Crippen molar-refractivity contribution in [3.8, 4) is 0 Å². The summed E-state index contributed by atoms with van der Waals surface area (Å²) in [5.41, 5.74) is -1.63. The van der Waals surface area contributed by atoms with E-state index in [9.17, 15) is 24.0 Å². The molecule has 4 unspecified atom stereocenters.